The number of para-hydroxylation sites is 1. The second-order valence-corrected chi connectivity index (χ2v) is 5.45. The van der Waals surface area contributed by atoms with E-state index in [-0.39, 0.29) is 11.8 Å². The molecule has 0 saturated carbocycles. The smallest absolute Gasteiger partial charge is 0.226 e. The molecule has 5 nitrogen and oxygen atoms in total. The minimum atomic E-state index is -0.0508. The van der Waals surface area contributed by atoms with E-state index in [2.05, 4.69) is 42.6 Å². The highest BCUT2D eigenvalue weighted by atomic mass is 79.9. The zero-order chi connectivity index (χ0) is 13.9. The molecule has 1 aromatic heterocycles. The molecule has 1 amide bonds. The number of amides is 1. The van der Waals surface area contributed by atoms with Gasteiger partial charge in [0.15, 0.2) is 5.82 Å². The van der Waals surface area contributed by atoms with Crippen LogP contribution >= 0.6 is 15.9 Å². The maximum absolute atomic E-state index is 12.0. The molecular formula is C14H13BrN4O. The molecule has 2 aromatic rings. The summed E-state index contributed by atoms with van der Waals surface area (Å²) in [6.45, 7) is 0.790. The summed E-state index contributed by atoms with van der Waals surface area (Å²) < 4.78 is 0.643. The molecule has 1 aromatic carbocycles. The first-order valence-corrected chi connectivity index (χ1v) is 7.12. The predicted molar refractivity (Wildman–Crippen MR) is 80.7 cm³/mol. The molecule has 0 aliphatic carbocycles. The number of hydrogen-bond acceptors (Lipinski definition) is 4. The largest absolute Gasteiger partial charge is 0.384 e. The molecule has 1 aliphatic rings. The fraction of sp³-hybridized carbons (Fsp3) is 0.214. The van der Waals surface area contributed by atoms with Crippen molar-refractivity contribution in [3.05, 3.63) is 46.8 Å². The van der Waals surface area contributed by atoms with Crippen LogP contribution in [-0.4, -0.2) is 22.4 Å². The highest BCUT2D eigenvalue weighted by Crippen LogP contribution is 2.33. The van der Waals surface area contributed by atoms with Crippen LogP contribution in [0.25, 0.3) is 0 Å². The average Bonchev–Trinajstić information content (AvgIpc) is 2.85. The molecule has 2 N–H and O–H groups in total. The lowest BCUT2D eigenvalue weighted by molar-refractivity contribution is -0.116. The summed E-state index contributed by atoms with van der Waals surface area (Å²) in [6.07, 6.45) is 3.52. The number of halogens is 1. The first kappa shape index (κ1) is 13.1. The average molecular weight is 333 g/mol. The lowest BCUT2D eigenvalue weighted by Crippen LogP contribution is -2.17. The van der Waals surface area contributed by atoms with Gasteiger partial charge in [0.2, 0.25) is 5.91 Å². The third kappa shape index (κ3) is 2.80. The molecule has 1 unspecified atom stereocenters. The summed E-state index contributed by atoms with van der Waals surface area (Å²) in [5.41, 5.74) is 2.32. The predicted octanol–water partition coefficient (Wildman–Crippen LogP) is 2.78. The van der Waals surface area contributed by atoms with Gasteiger partial charge < -0.3 is 10.6 Å². The van der Waals surface area contributed by atoms with Gasteiger partial charge >= 0.3 is 0 Å². The van der Waals surface area contributed by atoms with Crippen LogP contribution in [0.1, 0.15) is 17.9 Å². The molecule has 1 atom stereocenters. The van der Waals surface area contributed by atoms with Crippen molar-refractivity contribution >= 4 is 33.3 Å². The highest BCUT2D eigenvalue weighted by molar-refractivity contribution is 9.10. The zero-order valence-corrected chi connectivity index (χ0v) is 12.2. The maximum Gasteiger partial charge on any atom is 0.226 e. The van der Waals surface area contributed by atoms with E-state index in [9.17, 15) is 4.79 Å². The number of aromatic nitrogens is 2. The van der Waals surface area contributed by atoms with Gasteiger partial charge in [-0.05, 0) is 27.6 Å². The number of nitrogens with one attached hydrogen (secondary N) is 2. The molecule has 1 aliphatic heterocycles. The van der Waals surface area contributed by atoms with E-state index in [4.69, 9.17) is 0 Å². The van der Waals surface area contributed by atoms with Gasteiger partial charge in [-0.15, -0.1) is 0 Å². The van der Waals surface area contributed by atoms with Crippen LogP contribution in [0.5, 0.6) is 0 Å². The van der Waals surface area contributed by atoms with Crippen molar-refractivity contribution < 1.29 is 4.79 Å². The number of carbonyl (C=O) groups excluding carboxylic acids is 1. The van der Waals surface area contributed by atoms with Crippen molar-refractivity contribution in [1.82, 2.24) is 9.97 Å². The van der Waals surface area contributed by atoms with E-state index < -0.39 is 0 Å². The van der Waals surface area contributed by atoms with Crippen molar-refractivity contribution in [2.75, 3.05) is 17.2 Å². The normalized spacial score (nSPS) is 16.4. The molecule has 0 bridgehead atoms. The molecule has 102 valence electrons. The van der Waals surface area contributed by atoms with Crippen LogP contribution in [0, 0.1) is 0 Å². The second-order valence-electron chi connectivity index (χ2n) is 4.64. The first-order valence-electron chi connectivity index (χ1n) is 6.32. The Morgan fingerprint density at radius 2 is 2.20 bits per heavy atom. The van der Waals surface area contributed by atoms with E-state index in [1.807, 2.05) is 18.2 Å². The molecule has 0 fully saturated rings. The molecule has 0 saturated heterocycles. The third-order valence-electron chi connectivity index (χ3n) is 3.26. The summed E-state index contributed by atoms with van der Waals surface area (Å²) in [5.74, 6) is 0.622. The van der Waals surface area contributed by atoms with Gasteiger partial charge in [-0.1, -0.05) is 18.2 Å². The Morgan fingerprint density at radius 3 is 3.00 bits per heavy atom. The Morgan fingerprint density at radius 1 is 1.35 bits per heavy atom. The molecule has 2 heterocycles. The molecular weight excluding hydrogens is 320 g/mol. The lowest BCUT2D eigenvalue weighted by atomic mass is 9.98. The Bertz CT molecular complexity index is 629. The van der Waals surface area contributed by atoms with Crippen LogP contribution in [0.15, 0.2) is 41.3 Å². The minimum Gasteiger partial charge on any atom is -0.384 e. The first-order chi connectivity index (χ1) is 9.72. The summed E-state index contributed by atoms with van der Waals surface area (Å²) in [5, 5.41) is 6.08. The van der Waals surface area contributed by atoms with Crippen molar-refractivity contribution in [3.63, 3.8) is 0 Å². The third-order valence-corrected chi connectivity index (χ3v) is 3.67. The molecule has 0 radical (unpaired) electrons. The summed E-state index contributed by atoms with van der Waals surface area (Å²) in [4.78, 5) is 20.2. The number of hydrogen-bond donors (Lipinski definition) is 2. The fourth-order valence-corrected chi connectivity index (χ4v) is 2.54. The SMILES string of the molecule is O=C(CC1CNc2ccccc21)Nc1cnc(Br)cn1. The quantitative estimate of drug-likeness (QED) is 0.906. The second kappa shape index (κ2) is 5.58. The number of rotatable bonds is 3. The van der Waals surface area contributed by atoms with Crippen molar-refractivity contribution in [2.24, 2.45) is 0 Å². The van der Waals surface area contributed by atoms with E-state index in [1.165, 1.54) is 11.8 Å². The number of fused-ring (bicyclic) bond motifs is 1. The Labute approximate surface area is 125 Å². The topological polar surface area (TPSA) is 66.9 Å². The van der Waals surface area contributed by atoms with Gasteiger partial charge in [0, 0.05) is 24.6 Å². The summed E-state index contributed by atoms with van der Waals surface area (Å²) >= 11 is 3.21. The molecule has 20 heavy (non-hydrogen) atoms. The van der Waals surface area contributed by atoms with Crippen molar-refractivity contribution in [1.29, 1.82) is 0 Å². The molecule has 6 heteroatoms. The standard InChI is InChI=1S/C14H13BrN4O/c15-12-7-18-13(8-17-12)19-14(20)5-9-6-16-11-4-2-1-3-10(9)11/h1-4,7-9,16H,5-6H2,(H,18,19,20). The molecule has 3 rings (SSSR count). The van der Waals surface area contributed by atoms with E-state index in [1.54, 1.807) is 6.20 Å². The lowest BCUT2D eigenvalue weighted by Gasteiger charge is -2.10. The monoisotopic (exact) mass is 332 g/mol. The van der Waals surface area contributed by atoms with Crippen LogP contribution in [0.4, 0.5) is 11.5 Å². The van der Waals surface area contributed by atoms with Gasteiger partial charge in [-0.25, -0.2) is 9.97 Å². The summed E-state index contributed by atoms with van der Waals surface area (Å²) in [6, 6.07) is 8.09. The van der Waals surface area contributed by atoms with Crippen molar-refractivity contribution in [3.8, 4) is 0 Å². The Balaban J connectivity index is 1.64. The minimum absolute atomic E-state index is 0.0508. The number of carbonyl (C=O) groups is 1. The van der Waals surface area contributed by atoms with Gasteiger partial charge in [-0.3, -0.25) is 4.79 Å². The van der Waals surface area contributed by atoms with E-state index in [0.717, 1.165) is 12.2 Å². The van der Waals surface area contributed by atoms with Crippen LogP contribution < -0.4 is 10.6 Å². The fourth-order valence-electron chi connectivity index (χ4n) is 2.33. The molecule has 0 spiro atoms. The van der Waals surface area contributed by atoms with Gasteiger partial charge in [-0.2, -0.15) is 0 Å². The summed E-state index contributed by atoms with van der Waals surface area (Å²) in [7, 11) is 0. The van der Waals surface area contributed by atoms with Gasteiger partial charge in [0.25, 0.3) is 0 Å². The Hall–Kier alpha value is -1.95. The Kier molecular flexibility index (Phi) is 3.64. The van der Waals surface area contributed by atoms with Crippen LogP contribution in [0.3, 0.4) is 0 Å². The van der Waals surface area contributed by atoms with Crippen LogP contribution in [-0.2, 0) is 4.79 Å². The van der Waals surface area contributed by atoms with Gasteiger partial charge in [0.05, 0.1) is 12.4 Å². The zero-order valence-electron chi connectivity index (χ0n) is 10.6. The van der Waals surface area contributed by atoms with E-state index in [0.29, 0.717) is 16.8 Å². The van der Waals surface area contributed by atoms with E-state index >= 15 is 0 Å². The van der Waals surface area contributed by atoms with Crippen LogP contribution in [0.2, 0.25) is 0 Å². The van der Waals surface area contributed by atoms with Crippen molar-refractivity contribution in [2.45, 2.75) is 12.3 Å². The maximum atomic E-state index is 12.0. The number of nitrogens with zero attached hydrogens (tertiary/aromatic N) is 2. The van der Waals surface area contributed by atoms with Gasteiger partial charge in [0.1, 0.15) is 4.60 Å². The highest BCUT2D eigenvalue weighted by Gasteiger charge is 2.24. The number of benzene rings is 1. The number of anilines is 2.